The molecule has 1 aliphatic rings. The van der Waals surface area contributed by atoms with Gasteiger partial charge in [-0.15, -0.1) is 0 Å². The zero-order chi connectivity index (χ0) is 12.8. The molecule has 0 atom stereocenters. The standard InChI is InChI=1S/C12H20N4O2/c13-6-5-11-14-10(15-18-11)9-12(17)16-7-3-1-2-4-8-16/h1-9,13H2. The first-order valence-electron chi connectivity index (χ1n) is 6.59. The van der Waals surface area contributed by atoms with Crippen LogP contribution in [-0.2, 0) is 17.6 Å². The third-order valence-electron chi connectivity index (χ3n) is 3.14. The molecule has 2 rings (SSSR count). The van der Waals surface area contributed by atoms with Crippen LogP contribution in [0, 0.1) is 0 Å². The quantitative estimate of drug-likeness (QED) is 0.844. The maximum absolute atomic E-state index is 12.1. The van der Waals surface area contributed by atoms with Gasteiger partial charge in [-0.1, -0.05) is 18.0 Å². The van der Waals surface area contributed by atoms with E-state index in [9.17, 15) is 4.79 Å². The van der Waals surface area contributed by atoms with Gasteiger partial charge in [-0.3, -0.25) is 4.79 Å². The van der Waals surface area contributed by atoms with Crippen LogP contribution in [0.4, 0.5) is 0 Å². The zero-order valence-electron chi connectivity index (χ0n) is 10.6. The Balaban J connectivity index is 1.88. The minimum Gasteiger partial charge on any atom is -0.342 e. The molecule has 1 fully saturated rings. The molecule has 6 heteroatoms. The topological polar surface area (TPSA) is 85.2 Å². The van der Waals surface area contributed by atoms with Gasteiger partial charge in [0, 0.05) is 26.1 Å². The van der Waals surface area contributed by atoms with Crippen molar-refractivity contribution in [2.75, 3.05) is 19.6 Å². The number of nitrogens with zero attached hydrogens (tertiary/aromatic N) is 3. The predicted molar refractivity (Wildman–Crippen MR) is 65.8 cm³/mol. The molecule has 100 valence electrons. The Labute approximate surface area is 107 Å². The predicted octanol–water partition coefficient (Wildman–Crippen LogP) is 0.516. The van der Waals surface area contributed by atoms with Crippen molar-refractivity contribution in [3.05, 3.63) is 11.7 Å². The minimum atomic E-state index is 0.0944. The number of hydrogen-bond acceptors (Lipinski definition) is 5. The van der Waals surface area contributed by atoms with E-state index < -0.39 is 0 Å². The molecule has 2 N–H and O–H groups in total. The lowest BCUT2D eigenvalue weighted by Crippen LogP contribution is -2.33. The highest BCUT2D eigenvalue weighted by atomic mass is 16.5. The van der Waals surface area contributed by atoms with Crippen LogP contribution >= 0.6 is 0 Å². The monoisotopic (exact) mass is 252 g/mol. The van der Waals surface area contributed by atoms with Crippen molar-refractivity contribution in [2.24, 2.45) is 5.73 Å². The van der Waals surface area contributed by atoms with E-state index in [1.54, 1.807) is 0 Å². The SMILES string of the molecule is NCCc1nc(CC(=O)N2CCCCCC2)no1. The van der Waals surface area contributed by atoms with Crippen molar-refractivity contribution in [1.82, 2.24) is 15.0 Å². The van der Waals surface area contributed by atoms with E-state index >= 15 is 0 Å². The molecule has 1 aromatic rings. The van der Waals surface area contributed by atoms with Gasteiger partial charge in [0.15, 0.2) is 5.82 Å². The molecule has 0 saturated carbocycles. The molecule has 2 heterocycles. The van der Waals surface area contributed by atoms with Crippen LogP contribution in [-0.4, -0.2) is 40.6 Å². The molecule has 6 nitrogen and oxygen atoms in total. The van der Waals surface area contributed by atoms with Crippen LogP contribution in [0.5, 0.6) is 0 Å². The number of hydrogen-bond donors (Lipinski definition) is 1. The Morgan fingerprint density at radius 2 is 2.00 bits per heavy atom. The highest BCUT2D eigenvalue weighted by Crippen LogP contribution is 2.11. The summed E-state index contributed by atoms with van der Waals surface area (Å²) in [5.41, 5.74) is 5.40. The lowest BCUT2D eigenvalue weighted by molar-refractivity contribution is -0.130. The third kappa shape index (κ3) is 3.53. The van der Waals surface area contributed by atoms with Crippen LogP contribution in [0.3, 0.4) is 0 Å². The Bertz CT molecular complexity index is 383. The van der Waals surface area contributed by atoms with Gasteiger partial charge in [0.2, 0.25) is 11.8 Å². The summed E-state index contributed by atoms with van der Waals surface area (Å²) < 4.78 is 5.01. The van der Waals surface area contributed by atoms with Gasteiger partial charge in [-0.05, 0) is 12.8 Å². The van der Waals surface area contributed by atoms with Gasteiger partial charge in [0.25, 0.3) is 0 Å². The summed E-state index contributed by atoms with van der Waals surface area (Å²) in [6, 6.07) is 0. The van der Waals surface area contributed by atoms with E-state index in [4.69, 9.17) is 10.3 Å². The Hall–Kier alpha value is -1.43. The van der Waals surface area contributed by atoms with Crippen molar-refractivity contribution >= 4 is 5.91 Å². The number of likely N-dealkylation sites (tertiary alicyclic amines) is 1. The summed E-state index contributed by atoms with van der Waals surface area (Å²) in [6.45, 7) is 2.18. The van der Waals surface area contributed by atoms with Crippen LogP contribution in [0.1, 0.15) is 37.4 Å². The first-order chi connectivity index (χ1) is 8.79. The van der Waals surface area contributed by atoms with Crippen molar-refractivity contribution < 1.29 is 9.32 Å². The second-order valence-electron chi connectivity index (χ2n) is 4.61. The molecular weight excluding hydrogens is 232 g/mol. The van der Waals surface area contributed by atoms with Gasteiger partial charge in [0.1, 0.15) is 0 Å². The average molecular weight is 252 g/mol. The van der Waals surface area contributed by atoms with Crippen LogP contribution < -0.4 is 5.73 Å². The molecule has 0 unspecified atom stereocenters. The second-order valence-corrected chi connectivity index (χ2v) is 4.61. The fourth-order valence-electron chi connectivity index (χ4n) is 2.15. The average Bonchev–Trinajstić information content (AvgIpc) is 2.65. The fourth-order valence-corrected chi connectivity index (χ4v) is 2.15. The van der Waals surface area contributed by atoms with Gasteiger partial charge >= 0.3 is 0 Å². The maximum Gasteiger partial charge on any atom is 0.230 e. The second kappa shape index (κ2) is 6.49. The van der Waals surface area contributed by atoms with E-state index in [1.165, 1.54) is 12.8 Å². The van der Waals surface area contributed by atoms with Gasteiger partial charge < -0.3 is 15.2 Å². The number of nitrogens with two attached hydrogens (primary N) is 1. The van der Waals surface area contributed by atoms with E-state index in [0.717, 1.165) is 25.9 Å². The lowest BCUT2D eigenvalue weighted by Gasteiger charge is -2.19. The Kier molecular flexibility index (Phi) is 4.69. The van der Waals surface area contributed by atoms with E-state index in [2.05, 4.69) is 10.1 Å². The molecule has 18 heavy (non-hydrogen) atoms. The normalized spacial score (nSPS) is 16.6. The molecule has 0 radical (unpaired) electrons. The summed E-state index contributed by atoms with van der Waals surface area (Å²) in [4.78, 5) is 18.1. The Morgan fingerprint density at radius 3 is 2.67 bits per heavy atom. The lowest BCUT2D eigenvalue weighted by atomic mass is 10.2. The summed E-state index contributed by atoms with van der Waals surface area (Å²) >= 11 is 0. The van der Waals surface area contributed by atoms with Gasteiger partial charge in [0.05, 0.1) is 6.42 Å². The first kappa shape index (κ1) is 13.0. The largest absolute Gasteiger partial charge is 0.342 e. The molecule has 1 amide bonds. The molecule has 0 aliphatic carbocycles. The van der Waals surface area contributed by atoms with Gasteiger partial charge in [-0.25, -0.2) is 0 Å². The summed E-state index contributed by atoms with van der Waals surface area (Å²) in [6.07, 6.45) is 5.41. The highest BCUT2D eigenvalue weighted by Gasteiger charge is 2.18. The van der Waals surface area contributed by atoms with E-state index in [0.29, 0.717) is 24.7 Å². The zero-order valence-corrected chi connectivity index (χ0v) is 10.6. The molecular formula is C12H20N4O2. The molecule has 0 aromatic carbocycles. The summed E-state index contributed by atoms with van der Waals surface area (Å²) in [5, 5.41) is 3.80. The number of aromatic nitrogens is 2. The molecule has 0 bridgehead atoms. The van der Waals surface area contributed by atoms with Crippen molar-refractivity contribution in [2.45, 2.75) is 38.5 Å². The smallest absolute Gasteiger partial charge is 0.230 e. The number of amides is 1. The van der Waals surface area contributed by atoms with Crippen LogP contribution in [0.2, 0.25) is 0 Å². The van der Waals surface area contributed by atoms with E-state index in [1.807, 2.05) is 4.90 Å². The number of carbonyl (C=O) groups is 1. The minimum absolute atomic E-state index is 0.0944. The third-order valence-corrected chi connectivity index (χ3v) is 3.14. The van der Waals surface area contributed by atoms with Crippen LogP contribution in [0.25, 0.3) is 0 Å². The van der Waals surface area contributed by atoms with Crippen molar-refractivity contribution in [1.29, 1.82) is 0 Å². The molecule has 0 spiro atoms. The molecule has 1 aliphatic heterocycles. The molecule has 1 saturated heterocycles. The van der Waals surface area contributed by atoms with Crippen molar-refractivity contribution in [3.63, 3.8) is 0 Å². The number of carbonyl (C=O) groups excluding carboxylic acids is 1. The van der Waals surface area contributed by atoms with E-state index in [-0.39, 0.29) is 12.3 Å². The highest BCUT2D eigenvalue weighted by molar-refractivity contribution is 5.77. The first-order valence-corrected chi connectivity index (χ1v) is 6.59. The maximum atomic E-state index is 12.1. The number of rotatable bonds is 4. The van der Waals surface area contributed by atoms with Crippen LogP contribution in [0.15, 0.2) is 4.52 Å². The summed E-state index contributed by atoms with van der Waals surface area (Å²) in [5.74, 6) is 1.07. The van der Waals surface area contributed by atoms with Gasteiger partial charge in [-0.2, -0.15) is 4.98 Å². The van der Waals surface area contributed by atoms with Crippen molar-refractivity contribution in [3.8, 4) is 0 Å². The fraction of sp³-hybridized carbons (Fsp3) is 0.750. The summed E-state index contributed by atoms with van der Waals surface area (Å²) in [7, 11) is 0. The molecule has 1 aromatic heterocycles. The Morgan fingerprint density at radius 1 is 1.28 bits per heavy atom.